The van der Waals surface area contributed by atoms with Gasteiger partial charge in [-0.15, -0.1) is 0 Å². The van der Waals surface area contributed by atoms with Crippen molar-refractivity contribution in [1.29, 1.82) is 0 Å². The van der Waals surface area contributed by atoms with Crippen LogP contribution in [0.2, 0.25) is 0 Å². The van der Waals surface area contributed by atoms with Gasteiger partial charge in [0, 0.05) is 23.0 Å². The van der Waals surface area contributed by atoms with Gasteiger partial charge in [-0.1, -0.05) is 182 Å². The number of hydrogen-bond acceptors (Lipinski definition) is 6. The molecule has 1 aliphatic rings. The van der Waals surface area contributed by atoms with Crippen molar-refractivity contribution >= 4 is 65.8 Å². The third-order valence-electron chi connectivity index (χ3n) is 12.8. The van der Waals surface area contributed by atoms with E-state index in [2.05, 4.69) is 233 Å². The van der Waals surface area contributed by atoms with Gasteiger partial charge in [0.15, 0.2) is 0 Å². The fourth-order valence-electron chi connectivity index (χ4n) is 9.35. The van der Waals surface area contributed by atoms with Crippen molar-refractivity contribution in [3.63, 3.8) is 0 Å². The summed E-state index contributed by atoms with van der Waals surface area (Å²) in [6.45, 7) is 1.32. The lowest BCUT2D eigenvalue weighted by atomic mass is 9.96. The van der Waals surface area contributed by atoms with Crippen LogP contribution in [0, 0.1) is 0 Å². The second kappa shape index (κ2) is 16.5. The second-order valence-electron chi connectivity index (χ2n) is 16.8. The van der Waals surface area contributed by atoms with Crippen LogP contribution in [0.5, 0.6) is 0 Å². The number of nitrogens with two attached hydrogens (primary N) is 3. The zero-order valence-corrected chi connectivity index (χ0v) is 35.4. The number of para-hydroxylation sites is 1. The van der Waals surface area contributed by atoms with E-state index in [1.807, 2.05) is 0 Å². The number of anilines is 3. The van der Waals surface area contributed by atoms with Crippen molar-refractivity contribution in [3.05, 3.63) is 241 Å². The van der Waals surface area contributed by atoms with Crippen LogP contribution in [0.4, 0.5) is 17.1 Å². The van der Waals surface area contributed by atoms with Crippen LogP contribution in [0.25, 0.3) is 59.9 Å². The lowest BCUT2D eigenvalue weighted by Crippen LogP contribution is -2.23. The molecule has 1 saturated heterocycles. The van der Waals surface area contributed by atoms with Crippen molar-refractivity contribution in [3.8, 4) is 11.1 Å². The topological polar surface area (TPSA) is 87.3 Å². The van der Waals surface area contributed by atoms with Gasteiger partial charge >= 0.3 is 0 Å². The first-order valence-corrected chi connectivity index (χ1v) is 21.9. The van der Waals surface area contributed by atoms with Crippen LogP contribution >= 0.6 is 0 Å². The molecule has 2 unspecified atom stereocenters. The minimum atomic E-state index is -0.345. The maximum Gasteiger partial charge on any atom is 0.107 e. The van der Waals surface area contributed by atoms with Gasteiger partial charge in [-0.25, -0.2) is 0 Å². The van der Waals surface area contributed by atoms with E-state index in [4.69, 9.17) is 17.2 Å². The number of nitrogens with zero attached hydrogens (tertiary/aromatic N) is 3. The lowest BCUT2D eigenvalue weighted by Gasteiger charge is -2.29. The van der Waals surface area contributed by atoms with Crippen LogP contribution in [-0.4, -0.2) is 16.7 Å². The number of hydrazine groups is 1. The van der Waals surface area contributed by atoms with Crippen molar-refractivity contribution in [2.75, 3.05) is 17.3 Å². The predicted molar refractivity (Wildman–Crippen MR) is 268 cm³/mol. The number of hydrogen-bond donors (Lipinski definition) is 3. The van der Waals surface area contributed by atoms with E-state index in [9.17, 15) is 0 Å². The second-order valence-corrected chi connectivity index (χ2v) is 16.8. The van der Waals surface area contributed by atoms with E-state index in [1.54, 1.807) is 0 Å². The molecule has 1 heterocycles. The zero-order valence-electron chi connectivity index (χ0n) is 35.4. The highest BCUT2D eigenvalue weighted by Gasteiger charge is 2.39. The number of fused-ring (bicyclic) bond motifs is 5. The third kappa shape index (κ3) is 7.40. The van der Waals surface area contributed by atoms with E-state index in [1.165, 1.54) is 32.5 Å². The molecular weight excluding hydrogens is 781 g/mol. The molecule has 6 N–H and O–H groups in total. The van der Waals surface area contributed by atoms with Gasteiger partial charge < -0.3 is 22.1 Å². The van der Waals surface area contributed by atoms with Crippen LogP contribution in [0.1, 0.15) is 34.5 Å². The molecule has 0 saturated carbocycles. The van der Waals surface area contributed by atoms with Crippen molar-refractivity contribution in [1.82, 2.24) is 10.0 Å². The maximum absolute atomic E-state index is 7.13. The molecule has 11 rings (SSSR count). The molecule has 0 radical (unpaired) electrons. The van der Waals surface area contributed by atoms with Gasteiger partial charge in [-0.3, -0.25) is 5.01 Å². The third-order valence-corrected chi connectivity index (χ3v) is 12.8. The molecule has 0 bridgehead atoms. The monoisotopic (exact) mass is 828 g/mol. The number of benzene rings is 10. The molecule has 0 spiro atoms. The molecule has 0 aliphatic carbocycles. The van der Waals surface area contributed by atoms with Crippen molar-refractivity contribution in [2.45, 2.75) is 18.8 Å². The smallest absolute Gasteiger partial charge is 0.107 e. The van der Waals surface area contributed by atoms with E-state index >= 15 is 0 Å². The fraction of sp³-hybridized carbons (Fsp3) is 0.0690. The summed E-state index contributed by atoms with van der Waals surface area (Å²) in [7, 11) is 0. The minimum Gasteiger partial charge on any atom is -0.397 e. The lowest BCUT2D eigenvalue weighted by molar-refractivity contribution is 0.302. The van der Waals surface area contributed by atoms with E-state index < -0.39 is 0 Å². The Balaban J connectivity index is 0.871. The molecule has 0 aromatic heterocycles. The zero-order chi connectivity index (χ0) is 43.1. The number of rotatable bonds is 11. The first kappa shape index (κ1) is 39.1. The van der Waals surface area contributed by atoms with Crippen molar-refractivity contribution in [2.24, 2.45) is 11.5 Å². The Morgan fingerprint density at radius 1 is 0.516 bits per heavy atom. The molecule has 1 fully saturated rings. The molecule has 64 heavy (non-hydrogen) atoms. The Morgan fingerprint density at radius 2 is 1.11 bits per heavy atom. The predicted octanol–water partition coefficient (Wildman–Crippen LogP) is 13.1. The first-order valence-electron chi connectivity index (χ1n) is 21.9. The first-order chi connectivity index (χ1) is 31.5. The summed E-state index contributed by atoms with van der Waals surface area (Å²) >= 11 is 0. The summed E-state index contributed by atoms with van der Waals surface area (Å²) < 4.78 is 0. The average Bonchev–Trinajstić information content (AvgIpc) is 4.16. The normalized spacial score (nSPS) is 14.9. The Hall–Kier alpha value is -7.74. The molecule has 6 nitrogen and oxygen atoms in total. The Kier molecular flexibility index (Phi) is 10.1. The number of nitrogen functional groups attached to an aromatic ring is 1. The average molecular weight is 829 g/mol. The Morgan fingerprint density at radius 3 is 1.84 bits per heavy atom. The summed E-state index contributed by atoms with van der Waals surface area (Å²) in [5.74, 6) is 0. The molecule has 10 aromatic carbocycles. The van der Waals surface area contributed by atoms with Crippen LogP contribution < -0.4 is 22.1 Å². The van der Waals surface area contributed by atoms with Gasteiger partial charge in [-0.05, 0) is 102 Å². The summed E-state index contributed by atoms with van der Waals surface area (Å²) in [6.07, 6.45) is 1.83. The largest absolute Gasteiger partial charge is 0.397 e. The summed E-state index contributed by atoms with van der Waals surface area (Å²) in [6, 6.07) is 74.7. The van der Waals surface area contributed by atoms with E-state index in [0.717, 1.165) is 66.7 Å². The molecule has 10 aromatic rings. The van der Waals surface area contributed by atoms with Crippen molar-refractivity contribution < 1.29 is 0 Å². The standard InChI is InChI=1S/C58H48N6/c59-54(47-31-27-40-14-4-6-16-45(40)34-47)36-55(48-32-28-41-15-5-7-17-46(41)35-48)63-38-64(63)58(61)43-29-25-42(26-30-43)44-18-12-13-39(33-44)37-62(49-19-2-1-3-20-49)57-53-24-11-9-22-51(53)50-21-8-10-23-52(50)56(57)60/h1-36,54,58H,37-38,59-61H2/b55-36-/t54?,58?,63?,64-/m0/s1. The quantitative estimate of drug-likeness (QED) is 0.0521. The highest BCUT2D eigenvalue weighted by Crippen LogP contribution is 2.44. The van der Waals surface area contributed by atoms with Crippen LogP contribution in [0.15, 0.2) is 218 Å². The SMILES string of the molecule is Nc1c(N(Cc2cccc(-c3ccc(C(N)[N@]4CN4/C(=C\C(N)c4ccc5ccccc5c4)c4ccc5ccccc5c4)cc3)c2)c2ccccc2)c2ccccc2c2ccccc12. The highest BCUT2D eigenvalue weighted by atomic mass is 15.8. The Bertz CT molecular complexity index is 3360. The maximum atomic E-state index is 7.13. The van der Waals surface area contributed by atoms with Crippen LogP contribution in [0.3, 0.4) is 0 Å². The van der Waals surface area contributed by atoms with Gasteiger partial charge in [0.05, 0.1) is 23.1 Å². The van der Waals surface area contributed by atoms with Gasteiger partial charge in [0.1, 0.15) is 12.8 Å². The summed E-state index contributed by atoms with van der Waals surface area (Å²) in [5.41, 5.74) is 31.7. The fourth-order valence-corrected chi connectivity index (χ4v) is 9.35. The summed E-state index contributed by atoms with van der Waals surface area (Å²) in [5, 5.41) is 13.7. The van der Waals surface area contributed by atoms with E-state index in [-0.39, 0.29) is 12.2 Å². The van der Waals surface area contributed by atoms with Gasteiger partial charge in [0.25, 0.3) is 0 Å². The van der Waals surface area contributed by atoms with Gasteiger partial charge in [-0.2, -0.15) is 5.01 Å². The minimum absolute atomic E-state index is 0.316. The Labute approximate surface area is 373 Å². The highest BCUT2D eigenvalue weighted by molar-refractivity contribution is 6.20. The molecule has 0 amide bonds. The molecular formula is C58H48N6. The van der Waals surface area contributed by atoms with E-state index in [0.29, 0.717) is 13.2 Å². The molecule has 3 atom stereocenters. The molecule has 6 heteroatoms. The van der Waals surface area contributed by atoms with Gasteiger partial charge in [0.2, 0.25) is 0 Å². The molecule has 1 aliphatic heterocycles. The molecule has 310 valence electrons. The van der Waals surface area contributed by atoms with Crippen LogP contribution in [-0.2, 0) is 6.54 Å². The summed E-state index contributed by atoms with van der Waals surface area (Å²) in [4.78, 5) is 2.36.